The van der Waals surface area contributed by atoms with E-state index in [9.17, 15) is 43.2 Å². The predicted molar refractivity (Wildman–Crippen MR) is 400 cm³/mol. The molecule has 0 fully saturated rings. The van der Waals surface area contributed by atoms with E-state index in [1.54, 1.807) is 0 Å². The Bertz CT molecular complexity index is 1920. The van der Waals surface area contributed by atoms with Gasteiger partial charge in [0.1, 0.15) is 19.3 Å². The summed E-state index contributed by atoms with van der Waals surface area (Å²) in [5.41, 5.74) is 0. The average Bonchev–Trinajstić information content (AvgIpc) is 0.980. The van der Waals surface area contributed by atoms with Crippen LogP contribution in [0.2, 0.25) is 0 Å². The SMILES string of the molecule is CCC(C)CCCCCCCCC(=O)OC[C@H](COP(=O)(O)OC[C@H](O)COP(=O)(O)OC[C@@H](COC(=O)CCCCCCCCCCCCCCCCCCC(C)C)OC(=O)CCCCCCCCCCCCCCCCCCC(C)C)OC(=O)CCCCCCCCCC(C)C. The van der Waals surface area contributed by atoms with Crippen molar-refractivity contribution in [3.8, 4) is 0 Å². The Morgan fingerprint density at radius 3 is 0.724 bits per heavy atom. The van der Waals surface area contributed by atoms with Crippen LogP contribution in [0.4, 0.5) is 0 Å². The maximum Gasteiger partial charge on any atom is 0.472 e. The molecular weight excluding hydrogens is 1280 g/mol. The van der Waals surface area contributed by atoms with E-state index >= 15 is 0 Å². The lowest BCUT2D eigenvalue weighted by Crippen LogP contribution is -2.30. The molecule has 0 aliphatic carbocycles. The molecule has 3 unspecified atom stereocenters. The lowest BCUT2D eigenvalue weighted by molar-refractivity contribution is -0.161. The van der Waals surface area contributed by atoms with Gasteiger partial charge in [-0.2, -0.15) is 0 Å². The lowest BCUT2D eigenvalue weighted by Gasteiger charge is -2.21. The van der Waals surface area contributed by atoms with Gasteiger partial charge >= 0.3 is 39.5 Å². The molecular formula is C79H154O17P2. The van der Waals surface area contributed by atoms with Gasteiger partial charge < -0.3 is 33.8 Å². The van der Waals surface area contributed by atoms with Gasteiger partial charge in [-0.05, 0) is 49.4 Å². The number of ether oxygens (including phenoxy) is 4. The molecule has 0 amide bonds. The van der Waals surface area contributed by atoms with Crippen LogP contribution in [-0.4, -0.2) is 96.7 Å². The third-order valence-corrected chi connectivity index (χ3v) is 20.6. The number of aliphatic hydroxyl groups excluding tert-OH is 1. The minimum absolute atomic E-state index is 0.102. The Kier molecular flexibility index (Phi) is 66.8. The van der Waals surface area contributed by atoms with E-state index in [2.05, 4.69) is 55.4 Å². The molecule has 0 radical (unpaired) electrons. The summed E-state index contributed by atoms with van der Waals surface area (Å²) in [6.07, 6.45) is 54.4. The van der Waals surface area contributed by atoms with Gasteiger partial charge in [-0.25, -0.2) is 9.13 Å². The minimum atomic E-state index is -4.96. The molecule has 0 saturated heterocycles. The topological polar surface area (TPSA) is 237 Å². The Morgan fingerprint density at radius 1 is 0.286 bits per heavy atom. The second-order valence-corrected chi connectivity index (χ2v) is 33.0. The first-order valence-corrected chi connectivity index (χ1v) is 43.7. The van der Waals surface area contributed by atoms with E-state index < -0.39 is 97.5 Å². The third-order valence-electron chi connectivity index (χ3n) is 18.7. The van der Waals surface area contributed by atoms with Crippen LogP contribution >= 0.6 is 15.6 Å². The highest BCUT2D eigenvalue weighted by Gasteiger charge is 2.30. The number of carbonyl (C=O) groups excluding carboxylic acids is 4. The summed E-state index contributed by atoms with van der Waals surface area (Å²) in [5, 5.41) is 10.6. The van der Waals surface area contributed by atoms with Gasteiger partial charge in [0.15, 0.2) is 12.2 Å². The van der Waals surface area contributed by atoms with Crippen LogP contribution in [0.1, 0.15) is 402 Å². The second-order valence-electron chi connectivity index (χ2n) is 30.1. The van der Waals surface area contributed by atoms with Crippen molar-refractivity contribution in [2.45, 2.75) is 420 Å². The monoisotopic (exact) mass is 1440 g/mol. The summed E-state index contributed by atoms with van der Waals surface area (Å²) >= 11 is 0. The van der Waals surface area contributed by atoms with Gasteiger partial charge in [0.2, 0.25) is 0 Å². The van der Waals surface area contributed by atoms with Crippen molar-refractivity contribution in [1.29, 1.82) is 0 Å². The maximum atomic E-state index is 13.1. The minimum Gasteiger partial charge on any atom is -0.462 e. The molecule has 3 N–H and O–H groups in total. The summed E-state index contributed by atoms with van der Waals surface area (Å²) in [7, 11) is -9.92. The van der Waals surface area contributed by atoms with Gasteiger partial charge in [-0.3, -0.25) is 37.3 Å². The molecule has 19 heteroatoms. The standard InChI is InChI=1S/C79H154O17P2/c1-9-72(8)58-50-42-37-38-44-52-60-77(82)90-66-75(96-79(84)62-54-46-36-30-33-41-49-57-71(6)7)68-94-98(87,88)92-64-73(80)63-91-97(85,86)93-67-74(95-78(83)61-53-45-35-29-25-21-17-13-11-15-19-23-27-32-40-48-56-70(4)5)65-89-76(81)59-51-43-34-28-24-20-16-12-10-14-18-22-26-31-39-47-55-69(2)3/h69-75,80H,9-68H2,1-8H3,(H,85,86)(H,87,88)/t72?,73-,74-,75-/m1/s1. The van der Waals surface area contributed by atoms with Crippen LogP contribution in [0.15, 0.2) is 0 Å². The fraction of sp³-hybridized carbons (Fsp3) is 0.949. The highest BCUT2D eigenvalue weighted by molar-refractivity contribution is 7.47. The number of hydrogen-bond donors (Lipinski definition) is 3. The smallest absolute Gasteiger partial charge is 0.462 e. The lowest BCUT2D eigenvalue weighted by atomic mass is 10.00. The molecule has 0 rings (SSSR count). The highest BCUT2D eigenvalue weighted by atomic mass is 31.2. The Morgan fingerprint density at radius 2 is 0.490 bits per heavy atom. The molecule has 0 saturated carbocycles. The number of unbranched alkanes of at least 4 members (excludes halogenated alkanes) is 41. The summed E-state index contributed by atoms with van der Waals surface area (Å²) in [6, 6.07) is 0. The van der Waals surface area contributed by atoms with E-state index in [-0.39, 0.29) is 25.7 Å². The van der Waals surface area contributed by atoms with Gasteiger partial charge in [0, 0.05) is 25.7 Å². The van der Waals surface area contributed by atoms with Gasteiger partial charge in [-0.1, -0.05) is 351 Å². The van der Waals surface area contributed by atoms with Crippen LogP contribution in [0.25, 0.3) is 0 Å². The zero-order chi connectivity index (χ0) is 72.4. The van der Waals surface area contributed by atoms with Crippen molar-refractivity contribution < 1.29 is 80.2 Å². The van der Waals surface area contributed by atoms with Gasteiger partial charge in [-0.15, -0.1) is 0 Å². The molecule has 98 heavy (non-hydrogen) atoms. The number of carbonyl (C=O) groups is 4. The molecule has 0 spiro atoms. The highest BCUT2D eigenvalue weighted by Crippen LogP contribution is 2.45. The van der Waals surface area contributed by atoms with E-state index in [1.807, 2.05) is 0 Å². The first kappa shape index (κ1) is 96.1. The zero-order valence-electron chi connectivity index (χ0n) is 64.4. The molecule has 0 aromatic heterocycles. The number of hydrogen-bond acceptors (Lipinski definition) is 15. The Balaban J connectivity index is 5.21. The van der Waals surface area contributed by atoms with Crippen LogP contribution in [0.5, 0.6) is 0 Å². The molecule has 582 valence electrons. The first-order chi connectivity index (χ1) is 47.1. The molecule has 0 aromatic rings. The van der Waals surface area contributed by atoms with E-state index in [1.165, 1.54) is 199 Å². The summed E-state index contributed by atoms with van der Waals surface area (Å²) in [6.45, 7) is 14.2. The second kappa shape index (κ2) is 68.2. The van der Waals surface area contributed by atoms with E-state index in [4.69, 9.17) is 37.0 Å². The average molecular weight is 1440 g/mol. The predicted octanol–water partition coefficient (Wildman–Crippen LogP) is 23.2. The molecule has 0 aliphatic heterocycles. The normalized spacial score (nSPS) is 14.3. The molecule has 0 bridgehead atoms. The Hall–Kier alpha value is -1.94. The first-order valence-electron chi connectivity index (χ1n) is 40.7. The van der Waals surface area contributed by atoms with Crippen molar-refractivity contribution in [3.05, 3.63) is 0 Å². The molecule has 0 aromatic carbocycles. The summed E-state index contributed by atoms with van der Waals surface area (Å²) in [4.78, 5) is 72.9. The fourth-order valence-electron chi connectivity index (χ4n) is 12.0. The van der Waals surface area contributed by atoms with E-state index in [0.717, 1.165) is 114 Å². The molecule has 17 nitrogen and oxygen atoms in total. The zero-order valence-corrected chi connectivity index (χ0v) is 66.2. The van der Waals surface area contributed by atoms with E-state index in [0.29, 0.717) is 31.6 Å². The number of esters is 4. The van der Waals surface area contributed by atoms with Crippen LogP contribution in [0, 0.1) is 23.7 Å². The number of aliphatic hydroxyl groups is 1. The number of rotatable bonds is 76. The van der Waals surface area contributed by atoms with Crippen molar-refractivity contribution in [3.63, 3.8) is 0 Å². The molecule has 6 atom stereocenters. The van der Waals surface area contributed by atoms with Gasteiger partial charge in [0.05, 0.1) is 26.4 Å². The van der Waals surface area contributed by atoms with Crippen LogP contribution < -0.4 is 0 Å². The number of phosphoric ester groups is 2. The van der Waals surface area contributed by atoms with Crippen LogP contribution in [-0.2, 0) is 65.4 Å². The maximum absolute atomic E-state index is 13.1. The fourth-order valence-corrected chi connectivity index (χ4v) is 13.6. The molecule has 0 heterocycles. The van der Waals surface area contributed by atoms with Crippen molar-refractivity contribution in [1.82, 2.24) is 0 Å². The third kappa shape index (κ3) is 71.1. The van der Waals surface area contributed by atoms with Crippen LogP contribution in [0.3, 0.4) is 0 Å². The number of phosphoric acid groups is 2. The van der Waals surface area contributed by atoms with Crippen molar-refractivity contribution >= 4 is 39.5 Å². The molecule has 0 aliphatic rings. The summed E-state index contributed by atoms with van der Waals surface area (Å²) in [5.74, 6) is 0.928. The quantitative estimate of drug-likeness (QED) is 0.0222. The van der Waals surface area contributed by atoms with Gasteiger partial charge in [0.25, 0.3) is 0 Å². The largest absolute Gasteiger partial charge is 0.472 e. The Labute approximate surface area is 600 Å². The van der Waals surface area contributed by atoms with Crippen molar-refractivity contribution in [2.75, 3.05) is 39.6 Å². The summed E-state index contributed by atoms with van der Waals surface area (Å²) < 4.78 is 68.6. The van der Waals surface area contributed by atoms with Crippen molar-refractivity contribution in [2.24, 2.45) is 23.7 Å².